The second-order valence-electron chi connectivity index (χ2n) is 5.39. The van der Waals surface area contributed by atoms with E-state index in [9.17, 15) is 0 Å². The van der Waals surface area contributed by atoms with Gasteiger partial charge in [0.15, 0.2) is 16.6 Å². The fourth-order valence-corrected chi connectivity index (χ4v) is 2.69. The first-order valence-electron chi connectivity index (χ1n) is 7.49. The molecular formula is C16H23N3O2S. The molecule has 0 unspecified atom stereocenters. The van der Waals surface area contributed by atoms with Gasteiger partial charge in [-0.05, 0) is 49.5 Å². The minimum atomic E-state index is 0.470. The lowest BCUT2D eigenvalue weighted by Gasteiger charge is -2.20. The first kappa shape index (κ1) is 16.5. The van der Waals surface area contributed by atoms with Crippen LogP contribution in [0, 0.1) is 5.92 Å². The normalized spacial score (nSPS) is 19.6. The summed E-state index contributed by atoms with van der Waals surface area (Å²) in [4.78, 5) is 0. The molecule has 1 aliphatic carbocycles. The highest BCUT2D eigenvalue weighted by molar-refractivity contribution is 7.80. The Morgan fingerprint density at radius 2 is 2.00 bits per heavy atom. The van der Waals surface area contributed by atoms with Gasteiger partial charge in [-0.25, -0.2) is 0 Å². The second kappa shape index (κ2) is 7.98. The summed E-state index contributed by atoms with van der Waals surface area (Å²) in [6, 6.07) is 5.55. The van der Waals surface area contributed by atoms with Gasteiger partial charge in [-0.15, -0.1) is 0 Å². The lowest BCUT2D eigenvalue weighted by molar-refractivity contribution is 0.355. The summed E-state index contributed by atoms with van der Waals surface area (Å²) in [5.74, 6) is 1.87. The molecule has 0 spiro atoms. The summed E-state index contributed by atoms with van der Waals surface area (Å²) in [6.07, 6.45) is 4.75. The van der Waals surface area contributed by atoms with Crippen molar-refractivity contribution < 1.29 is 9.47 Å². The van der Waals surface area contributed by atoms with Crippen LogP contribution < -0.4 is 20.2 Å². The lowest BCUT2D eigenvalue weighted by Crippen LogP contribution is -2.27. The topological polar surface area (TPSA) is 54.9 Å². The van der Waals surface area contributed by atoms with E-state index in [1.165, 1.54) is 25.0 Å². The van der Waals surface area contributed by atoms with Crippen LogP contribution in [-0.2, 0) is 0 Å². The maximum atomic E-state index is 5.28. The highest BCUT2D eigenvalue weighted by atomic mass is 32.1. The molecule has 6 heteroatoms. The van der Waals surface area contributed by atoms with Gasteiger partial charge < -0.3 is 14.8 Å². The third kappa shape index (κ3) is 4.34. The van der Waals surface area contributed by atoms with Crippen LogP contribution in [0.15, 0.2) is 23.3 Å². The molecule has 1 fully saturated rings. The number of hydrazone groups is 1. The largest absolute Gasteiger partial charge is 0.493 e. The van der Waals surface area contributed by atoms with Crippen molar-refractivity contribution >= 4 is 28.7 Å². The lowest BCUT2D eigenvalue weighted by atomic mass is 9.89. The summed E-state index contributed by atoms with van der Waals surface area (Å²) in [7, 11) is 3.22. The molecule has 2 rings (SSSR count). The molecule has 0 aliphatic heterocycles. The molecular weight excluding hydrogens is 298 g/mol. The Hall–Kier alpha value is -1.82. The minimum absolute atomic E-state index is 0.470. The van der Waals surface area contributed by atoms with Crippen molar-refractivity contribution in [1.82, 2.24) is 5.43 Å². The molecule has 5 nitrogen and oxygen atoms in total. The number of hydrogen-bond acceptors (Lipinski definition) is 4. The molecule has 1 atom stereocenters. The van der Waals surface area contributed by atoms with Crippen molar-refractivity contribution in [2.45, 2.75) is 32.6 Å². The minimum Gasteiger partial charge on any atom is -0.493 e. The van der Waals surface area contributed by atoms with Crippen molar-refractivity contribution in [2.24, 2.45) is 11.0 Å². The highest BCUT2D eigenvalue weighted by Gasteiger charge is 2.15. The van der Waals surface area contributed by atoms with Gasteiger partial charge in [0.25, 0.3) is 0 Å². The van der Waals surface area contributed by atoms with Gasteiger partial charge in [0.2, 0.25) is 0 Å². The van der Waals surface area contributed by atoms with Gasteiger partial charge in [-0.3, -0.25) is 5.43 Å². The smallest absolute Gasteiger partial charge is 0.191 e. The maximum absolute atomic E-state index is 5.28. The van der Waals surface area contributed by atoms with Crippen LogP contribution in [0.1, 0.15) is 32.6 Å². The third-order valence-corrected chi connectivity index (χ3v) is 4.02. The molecule has 1 aromatic rings. The zero-order valence-corrected chi connectivity index (χ0v) is 14.1. The zero-order chi connectivity index (χ0) is 15.9. The maximum Gasteiger partial charge on any atom is 0.191 e. The number of benzene rings is 1. The van der Waals surface area contributed by atoms with E-state index in [0.717, 1.165) is 12.1 Å². The molecule has 1 aromatic carbocycles. The fraction of sp³-hybridized carbons (Fsp3) is 0.500. The van der Waals surface area contributed by atoms with E-state index in [2.05, 4.69) is 22.8 Å². The van der Waals surface area contributed by atoms with E-state index in [1.54, 1.807) is 14.2 Å². The molecule has 0 bridgehead atoms. The number of thiocarbonyl (C=S) groups is 1. The first-order chi connectivity index (χ1) is 10.6. The van der Waals surface area contributed by atoms with Crippen molar-refractivity contribution in [3.8, 4) is 11.5 Å². The Morgan fingerprint density at radius 1 is 1.23 bits per heavy atom. The molecule has 1 aliphatic rings. The number of rotatable bonds is 4. The summed E-state index contributed by atoms with van der Waals surface area (Å²) in [5.41, 5.74) is 4.96. The van der Waals surface area contributed by atoms with Crippen LogP contribution >= 0.6 is 12.2 Å². The van der Waals surface area contributed by atoms with Gasteiger partial charge in [0, 0.05) is 17.5 Å². The molecule has 0 saturated heterocycles. The van der Waals surface area contributed by atoms with E-state index in [0.29, 0.717) is 22.5 Å². The van der Waals surface area contributed by atoms with E-state index in [4.69, 9.17) is 21.7 Å². The molecule has 0 aromatic heterocycles. The third-order valence-electron chi connectivity index (χ3n) is 3.83. The Bertz CT molecular complexity index is 560. The van der Waals surface area contributed by atoms with Gasteiger partial charge in [-0.2, -0.15) is 5.10 Å². The van der Waals surface area contributed by atoms with Crippen molar-refractivity contribution in [1.29, 1.82) is 0 Å². The predicted molar refractivity (Wildman–Crippen MR) is 94.0 cm³/mol. The predicted octanol–water partition coefficient (Wildman–Crippen LogP) is 3.56. The molecule has 0 heterocycles. The van der Waals surface area contributed by atoms with Crippen molar-refractivity contribution in [3.05, 3.63) is 18.2 Å². The summed E-state index contributed by atoms with van der Waals surface area (Å²) in [5, 5.41) is 8.01. The Morgan fingerprint density at radius 3 is 2.68 bits per heavy atom. The van der Waals surface area contributed by atoms with E-state index in [1.807, 2.05) is 18.2 Å². The SMILES string of the molecule is COc1ccc(NC(=S)NN=C2CCCC[C@@H]2C)cc1OC. The van der Waals surface area contributed by atoms with Gasteiger partial charge in [-0.1, -0.05) is 13.3 Å². The standard InChI is InChI=1S/C16H23N3O2S/c1-11-6-4-5-7-13(11)18-19-16(22)17-12-8-9-14(20-2)15(10-12)21-3/h8-11H,4-7H2,1-3H3,(H2,17,19,22)/t11-/m0/s1. The average Bonchev–Trinajstić information content (AvgIpc) is 2.54. The number of nitrogens with one attached hydrogen (secondary N) is 2. The summed E-state index contributed by atoms with van der Waals surface area (Å²) in [6.45, 7) is 2.21. The molecule has 0 radical (unpaired) electrons. The second-order valence-corrected chi connectivity index (χ2v) is 5.79. The van der Waals surface area contributed by atoms with Gasteiger partial charge in [0.1, 0.15) is 0 Å². The Kier molecular flexibility index (Phi) is 6.00. The molecule has 22 heavy (non-hydrogen) atoms. The molecule has 120 valence electrons. The average molecular weight is 321 g/mol. The van der Waals surface area contributed by atoms with E-state index in [-0.39, 0.29) is 0 Å². The van der Waals surface area contributed by atoms with Crippen molar-refractivity contribution in [2.75, 3.05) is 19.5 Å². The quantitative estimate of drug-likeness (QED) is 0.656. The van der Waals surface area contributed by atoms with Gasteiger partial charge in [0.05, 0.1) is 14.2 Å². The number of anilines is 1. The monoisotopic (exact) mass is 321 g/mol. The van der Waals surface area contributed by atoms with Crippen molar-refractivity contribution in [3.63, 3.8) is 0 Å². The van der Waals surface area contributed by atoms with Crippen LogP contribution in [0.25, 0.3) is 0 Å². The summed E-state index contributed by atoms with van der Waals surface area (Å²) >= 11 is 5.28. The van der Waals surface area contributed by atoms with Crippen LogP contribution in [0.5, 0.6) is 11.5 Å². The number of ether oxygens (including phenoxy) is 2. The number of nitrogens with zero attached hydrogens (tertiary/aromatic N) is 1. The van der Waals surface area contributed by atoms with Crippen LogP contribution in [0.4, 0.5) is 5.69 Å². The molecule has 1 saturated carbocycles. The first-order valence-corrected chi connectivity index (χ1v) is 7.90. The van der Waals surface area contributed by atoms with E-state index >= 15 is 0 Å². The Labute approximate surface area is 137 Å². The van der Waals surface area contributed by atoms with Gasteiger partial charge >= 0.3 is 0 Å². The molecule has 0 amide bonds. The highest BCUT2D eigenvalue weighted by Crippen LogP contribution is 2.29. The van der Waals surface area contributed by atoms with Crippen LogP contribution in [0.3, 0.4) is 0 Å². The number of methoxy groups -OCH3 is 2. The molecule has 2 N–H and O–H groups in total. The van der Waals surface area contributed by atoms with E-state index < -0.39 is 0 Å². The zero-order valence-electron chi connectivity index (χ0n) is 13.3. The van der Waals surface area contributed by atoms with Crippen LogP contribution in [0.2, 0.25) is 0 Å². The Balaban J connectivity index is 1.95. The number of hydrogen-bond donors (Lipinski definition) is 2. The fourth-order valence-electron chi connectivity index (χ4n) is 2.53. The summed E-state index contributed by atoms with van der Waals surface area (Å²) < 4.78 is 10.5. The van der Waals surface area contributed by atoms with Crippen LogP contribution in [-0.4, -0.2) is 25.0 Å².